The number of carbonyl (C=O) groups excluding carboxylic acids is 2. The average Bonchev–Trinajstić information content (AvgIpc) is 2.85. The van der Waals surface area contributed by atoms with Gasteiger partial charge in [-0.3, -0.25) is 9.78 Å². The first kappa shape index (κ1) is 22.4. The molecule has 1 aromatic heterocycles. The lowest BCUT2D eigenvalue weighted by Crippen LogP contribution is -2.48. The van der Waals surface area contributed by atoms with Gasteiger partial charge >= 0.3 is 6.03 Å². The zero-order valence-corrected chi connectivity index (χ0v) is 17.9. The first-order valence-corrected chi connectivity index (χ1v) is 10.8. The standard InChI is InChI=1S/C25H24F2N4O2/c26-20-9-10-22(21(27)13-20)30-25(33)31-16-19(8-11-23(31)18-6-2-1-3-7-18)24(32)29-15-17-5-4-12-28-14-17/h1-7,9-10,12-14,19,23H,8,11,15-16H2,(H,29,32)(H,30,33). The van der Waals surface area contributed by atoms with Gasteiger partial charge in [0, 0.05) is 31.5 Å². The minimum atomic E-state index is -0.859. The highest BCUT2D eigenvalue weighted by molar-refractivity contribution is 5.90. The maximum atomic E-state index is 14.1. The summed E-state index contributed by atoms with van der Waals surface area (Å²) in [6.45, 7) is 0.519. The van der Waals surface area contributed by atoms with Crippen molar-refractivity contribution in [3.63, 3.8) is 0 Å². The molecule has 2 unspecified atom stereocenters. The molecular formula is C25H24F2N4O2. The van der Waals surface area contributed by atoms with Gasteiger partial charge < -0.3 is 15.5 Å². The number of halogens is 2. The van der Waals surface area contributed by atoms with Crippen LogP contribution >= 0.6 is 0 Å². The number of benzene rings is 2. The number of carbonyl (C=O) groups is 2. The maximum absolute atomic E-state index is 14.1. The number of nitrogens with one attached hydrogen (secondary N) is 2. The second kappa shape index (κ2) is 10.2. The number of amides is 3. The van der Waals surface area contributed by atoms with Gasteiger partial charge in [-0.15, -0.1) is 0 Å². The molecule has 170 valence electrons. The number of rotatable bonds is 5. The van der Waals surface area contributed by atoms with Gasteiger partial charge in [0.25, 0.3) is 0 Å². The fourth-order valence-electron chi connectivity index (χ4n) is 4.05. The number of hydrogen-bond acceptors (Lipinski definition) is 3. The van der Waals surface area contributed by atoms with Gasteiger partial charge in [-0.25, -0.2) is 13.6 Å². The Morgan fingerprint density at radius 1 is 1.03 bits per heavy atom. The van der Waals surface area contributed by atoms with Gasteiger partial charge in [-0.1, -0.05) is 36.4 Å². The van der Waals surface area contributed by atoms with Gasteiger partial charge in [0.1, 0.15) is 11.6 Å². The predicted molar refractivity (Wildman–Crippen MR) is 120 cm³/mol. The quantitative estimate of drug-likeness (QED) is 0.594. The fraction of sp³-hybridized carbons (Fsp3) is 0.240. The van der Waals surface area contributed by atoms with E-state index in [1.807, 2.05) is 36.4 Å². The van der Waals surface area contributed by atoms with Crippen LogP contribution in [0, 0.1) is 17.6 Å². The summed E-state index contributed by atoms with van der Waals surface area (Å²) in [5, 5.41) is 5.44. The Kier molecular flexibility index (Phi) is 6.92. The van der Waals surface area contributed by atoms with Crippen LogP contribution < -0.4 is 10.6 Å². The molecule has 0 aliphatic carbocycles. The summed E-state index contributed by atoms with van der Waals surface area (Å²) in [4.78, 5) is 31.6. The van der Waals surface area contributed by atoms with Crippen molar-refractivity contribution in [2.45, 2.75) is 25.4 Å². The SMILES string of the molecule is O=C(NCc1cccnc1)C1CCC(c2ccccc2)N(C(=O)Nc2ccc(F)cc2F)C1. The molecule has 3 amide bonds. The van der Waals surface area contributed by atoms with E-state index in [4.69, 9.17) is 0 Å². The number of piperidine rings is 1. The van der Waals surface area contributed by atoms with Gasteiger partial charge in [0.2, 0.25) is 5.91 Å². The molecule has 1 fully saturated rings. The van der Waals surface area contributed by atoms with E-state index in [-0.39, 0.29) is 24.2 Å². The van der Waals surface area contributed by atoms with Crippen LogP contribution in [0.1, 0.15) is 30.0 Å². The van der Waals surface area contributed by atoms with Crippen LogP contribution in [0.15, 0.2) is 73.1 Å². The van der Waals surface area contributed by atoms with Gasteiger partial charge in [-0.2, -0.15) is 0 Å². The zero-order chi connectivity index (χ0) is 23.2. The van der Waals surface area contributed by atoms with E-state index in [0.717, 1.165) is 23.3 Å². The molecule has 0 bridgehead atoms. The molecule has 33 heavy (non-hydrogen) atoms. The lowest BCUT2D eigenvalue weighted by Gasteiger charge is -2.39. The average molecular weight is 450 g/mol. The van der Waals surface area contributed by atoms with E-state index in [0.29, 0.717) is 19.4 Å². The molecule has 1 aliphatic heterocycles. The molecule has 4 rings (SSSR count). The van der Waals surface area contributed by atoms with Crippen LogP contribution in [0.3, 0.4) is 0 Å². The Hall–Kier alpha value is -3.81. The van der Waals surface area contributed by atoms with E-state index >= 15 is 0 Å². The summed E-state index contributed by atoms with van der Waals surface area (Å²) in [5.41, 5.74) is 1.70. The van der Waals surface area contributed by atoms with Crippen molar-refractivity contribution < 1.29 is 18.4 Å². The zero-order valence-electron chi connectivity index (χ0n) is 17.9. The van der Waals surface area contributed by atoms with Crippen LogP contribution in [0.2, 0.25) is 0 Å². The van der Waals surface area contributed by atoms with Crippen LogP contribution in [0.4, 0.5) is 19.3 Å². The normalized spacial score (nSPS) is 17.9. The van der Waals surface area contributed by atoms with Crippen LogP contribution in [-0.2, 0) is 11.3 Å². The Morgan fingerprint density at radius 2 is 1.85 bits per heavy atom. The molecule has 1 aliphatic rings. The van der Waals surface area contributed by atoms with Crippen molar-refractivity contribution in [2.75, 3.05) is 11.9 Å². The first-order valence-electron chi connectivity index (χ1n) is 10.8. The molecule has 2 heterocycles. The highest BCUT2D eigenvalue weighted by Gasteiger charge is 2.35. The molecule has 2 atom stereocenters. The van der Waals surface area contributed by atoms with E-state index in [1.165, 1.54) is 6.07 Å². The summed E-state index contributed by atoms with van der Waals surface area (Å²) in [6, 6.07) is 15.4. The number of anilines is 1. The van der Waals surface area contributed by atoms with Crippen LogP contribution in [0.25, 0.3) is 0 Å². The second-order valence-electron chi connectivity index (χ2n) is 7.99. The number of nitrogens with zero attached hydrogens (tertiary/aromatic N) is 2. The number of urea groups is 1. The van der Waals surface area contributed by atoms with Gasteiger partial charge in [0.05, 0.1) is 17.6 Å². The first-order chi connectivity index (χ1) is 16.0. The number of likely N-dealkylation sites (tertiary alicyclic amines) is 1. The molecule has 0 saturated carbocycles. The molecule has 2 N–H and O–H groups in total. The summed E-state index contributed by atoms with van der Waals surface area (Å²) in [7, 11) is 0. The second-order valence-corrected chi connectivity index (χ2v) is 7.99. The number of pyridine rings is 1. The Balaban J connectivity index is 1.50. The summed E-state index contributed by atoms with van der Waals surface area (Å²) in [6.07, 6.45) is 4.53. The van der Waals surface area contributed by atoms with Crippen molar-refractivity contribution in [1.29, 1.82) is 0 Å². The Bertz CT molecular complexity index is 1110. The van der Waals surface area contributed by atoms with Crippen molar-refractivity contribution in [3.05, 3.63) is 95.8 Å². The van der Waals surface area contributed by atoms with Gasteiger partial charge in [0.15, 0.2) is 0 Å². The molecule has 0 spiro atoms. The predicted octanol–water partition coefficient (Wildman–Crippen LogP) is 4.66. The monoisotopic (exact) mass is 450 g/mol. The van der Waals surface area contributed by atoms with Crippen molar-refractivity contribution in [1.82, 2.24) is 15.2 Å². The fourth-order valence-corrected chi connectivity index (χ4v) is 4.05. The molecule has 1 saturated heterocycles. The molecule has 0 radical (unpaired) electrons. The third kappa shape index (κ3) is 5.52. The lowest BCUT2D eigenvalue weighted by atomic mass is 9.88. The van der Waals surface area contributed by atoms with Crippen LogP contribution in [-0.4, -0.2) is 28.4 Å². The Morgan fingerprint density at radius 3 is 2.58 bits per heavy atom. The summed E-state index contributed by atoms with van der Waals surface area (Å²) < 4.78 is 27.4. The third-order valence-electron chi connectivity index (χ3n) is 5.76. The number of hydrogen-bond donors (Lipinski definition) is 2. The van der Waals surface area contributed by atoms with Gasteiger partial charge in [-0.05, 0) is 42.2 Å². The topological polar surface area (TPSA) is 74.3 Å². The molecule has 8 heteroatoms. The van der Waals surface area contributed by atoms with Crippen molar-refractivity contribution in [2.24, 2.45) is 5.92 Å². The van der Waals surface area contributed by atoms with Crippen molar-refractivity contribution >= 4 is 17.6 Å². The maximum Gasteiger partial charge on any atom is 0.322 e. The summed E-state index contributed by atoms with van der Waals surface area (Å²) >= 11 is 0. The molecule has 6 nitrogen and oxygen atoms in total. The van der Waals surface area contributed by atoms with E-state index in [9.17, 15) is 18.4 Å². The van der Waals surface area contributed by atoms with E-state index in [1.54, 1.807) is 23.4 Å². The smallest absolute Gasteiger partial charge is 0.322 e. The third-order valence-corrected chi connectivity index (χ3v) is 5.76. The Labute approximate surface area is 190 Å². The highest BCUT2D eigenvalue weighted by Crippen LogP contribution is 2.34. The van der Waals surface area contributed by atoms with Crippen LogP contribution in [0.5, 0.6) is 0 Å². The van der Waals surface area contributed by atoms with E-state index < -0.39 is 23.6 Å². The summed E-state index contributed by atoms with van der Waals surface area (Å²) in [5.74, 6) is -2.15. The minimum Gasteiger partial charge on any atom is -0.352 e. The highest BCUT2D eigenvalue weighted by atomic mass is 19.1. The molecule has 2 aromatic carbocycles. The lowest BCUT2D eigenvalue weighted by molar-refractivity contribution is -0.126. The molecular weight excluding hydrogens is 426 g/mol. The number of aromatic nitrogens is 1. The van der Waals surface area contributed by atoms with Crippen molar-refractivity contribution in [3.8, 4) is 0 Å². The minimum absolute atomic E-state index is 0.114. The molecule has 3 aromatic rings. The largest absolute Gasteiger partial charge is 0.352 e. The van der Waals surface area contributed by atoms with E-state index in [2.05, 4.69) is 15.6 Å².